The predicted molar refractivity (Wildman–Crippen MR) is 88.2 cm³/mol. The first-order valence-electron chi connectivity index (χ1n) is 5.78. The molecule has 112 valence electrons. The van der Waals surface area contributed by atoms with E-state index in [9.17, 15) is 8.42 Å². The van der Waals surface area contributed by atoms with E-state index in [0.29, 0.717) is 4.90 Å². The Bertz CT molecular complexity index is 810. The fourth-order valence-corrected chi connectivity index (χ4v) is 2.58. The van der Waals surface area contributed by atoms with E-state index in [1.165, 1.54) is 6.26 Å². The molecule has 0 radical (unpaired) electrons. The number of fused-ring (bicyclic) bond motifs is 1. The number of hydrogen-bond acceptors (Lipinski definition) is 3. The van der Waals surface area contributed by atoms with Crippen LogP contribution in [0.1, 0.15) is 0 Å². The van der Waals surface area contributed by atoms with Gasteiger partial charge in [-0.15, -0.1) is 24.8 Å². The van der Waals surface area contributed by atoms with Crippen LogP contribution in [0.5, 0.6) is 0 Å². The van der Waals surface area contributed by atoms with E-state index in [0.717, 1.165) is 16.9 Å². The molecular formula is C14H14Cl2N2O2S. The second-order valence-corrected chi connectivity index (χ2v) is 6.40. The molecule has 0 aliphatic heterocycles. The van der Waals surface area contributed by atoms with Crippen LogP contribution in [0.15, 0.2) is 59.8 Å². The van der Waals surface area contributed by atoms with E-state index >= 15 is 0 Å². The molecule has 2 aromatic heterocycles. The van der Waals surface area contributed by atoms with E-state index < -0.39 is 9.84 Å². The monoisotopic (exact) mass is 344 g/mol. The number of pyridine rings is 1. The van der Waals surface area contributed by atoms with E-state index in [1.54, 1.807) is 24.3 Å². The van der Waals surface area contributed by atoms with Gasteiger partial charge in [0.15, 0.2) is 9.84 Å². The Morgan fingerprint density at radius 3 is 2.24 bits per heavy atom. The van der Waals surface area contributed by atoms with Crippen molar-refractivity contribution in [1.29, 1.82) is 0 Å². The van der Waals surface area contributed by atoms with E-state index in [4.69, 9.17) is 0 Å². The zero-order chi connectivity index (χ0) is 13.5. The molecule has 3 aromatic rings. The zero-order valence-corrected chi connectivity index (χ0v) is 13.6. The smallest absolute Gasteiger partial charge is 0.175 e. The Morgan fingerprint density at radius 1 is 1.00 bits per heavy atom. The van der Waals surface area contributed by atoms with Gasteiger partial charge in [0.2, 0.25) is 0 Å². The third-order valence-electron chi connectivity index (χ3n) is 2.94. The highest BCUT2D eigenvalue weighted by atomic mass is 35.5. The molecule has 0 amide bonds. The maximum atomic E-state index is 11.4. The number of nitrogens with zero attached hydrogens (tertiary/aromatic N) is 2. The lowest BCUT2D eigenvalue weighted by molar-refractivity contribution is 0.602. The minimum Gasteiger partial charge on any atom is -0.306 e. The SMILES string of the molecule is CS(=O)(=O)c1ccc(-c2cn3ccccc3n2)cc1.Cl.Cl. The van der Waals surface area contributed by atoms with Gasteiger partial charge in [0.05, 0.1) is 10.6 Å². The molecule has 1 aromatic carbocycles. The van der Waals surface area contributed by atoms with Crippen LogP contribution < -0.4 is 0 Å². The molecule has 2 heterocycles. The van der Waals surface area contributed by atoms with Crippen molar-refractivity contribution in [3.63, 3.8) is 0 Å². The summed E-state index contributed by atoms with van der Waals surface area (Å²) in [7, 11) is -3.15. The molecule has 0 bridgehead atoms. The van der Waals surface area contributed by atoms with Crippen LogP contribution in [0.4, 0.5) is 0 Å². The lowest BCUT2D eigenvalue weighted by Crippen LogP contribution is -1.96. The Balaban J connectivity index is 0.00000110. The molecule has 0 atom stereocenters. The van der Waals surface area contributed by atoms with Gasteiger partial charge < -0.3 is 4.40 Å². The van der Waals surface area contributed by atoms with E-state index in [-0.39, 0.29) is 24.8 Å². The van der Waals surface area contributed by atoms with Crippen molar-refractivity contribution < 1.29 is 8.42 Å². The highest BCUT2D eigenvalue weighted by molar-refractivity contribution is 7.90. The topological polar surface area (TPSA) is 51.4 Å². The molecule has 21 heavy (non-hydrogen) atoms. The molecule has 0 aliphatic rings. The Hall–Kier alpha value is -1.56. The summed E-state index contributed by atoms with van der Waals surface area (Å²) in [5.74, 6) is 0. The van der Waals surface area contributed by atoms with Crippen molar-refractivity contribution in [3.8, 4) is 11.3 Å². The number of rotatable bonds is 2. The first-order valence-corrected chi connectivity index (χ1v) is 7.67. The third kappa shape index (κ3) is 3.56. The molecule has 0 fully saturated rings. The van der Waals surface area contributed by atoms with Crippen molar-refractivity contribution in [2.75, 3.05) is 6.26 Å². The van der Waals surface area contributed by atoms with Gasteiger partial charge in [-0.3, -0.25) is 0 Å². The molecule has 0 spiro atoms. The number of aromatic nitrogens is 2. The highest BCUT2D eigenvalue weighted by Gasteiger charge is 2.08. The molecule has 3 rings (SSSR count). The van der Waals surface area contributed by atoms with Crippen LogP contribution in [-0.2, 0) is 9.84 Å². The van der Waals surface area contributed by atoms with Gasteiger partial charge in [0.25, 0.3) is 0 Å². The van der Waals surface area contributed by atoms with E-state index in [1.807, 2.05) is 35.0 Å². The summed E-state index contributed by atoms with van der Waals surface area (Å²) in [6, 6.07) is 12.6. The van der Waals surface area contributed by atoms with Gasteiger partial charge in [-0.1, -0.05) is 18.2 Å². The number of sulfone groups is 1. The van der Waals surface area contributed by atoms with Gasteiger partial charge in [-0.05, 0) is 24.3 Å². The third-order valence-corrected chi connectivity index (χ3v) is 4.07. The average molecular weight is 345 g/mol. The second kappa shape index (κ2) is 6.47. The van der Waals surface area contributed by atoms with Crippen molar-refractivity contribution >= 4 is 40.3 Å². The summed E-state index contributed by atoms with van der Waals surface area (Å²) in [4.78, 5) is 4.81. The first kappa shape index (κ1) is 17.5. The van der Waals surface area contributed by atoms with Crippen LogP contribution in [-0.4, -0.2) is 24.1 Å². The van der Waals surface area contributed by atoms with Crippen molar-refractivity contribution in [2.24, 2.45) is 0 Å². The van der Waals surface area contributed by atoms with Crippen LogP contribution >= 0.6 is 24.8 Å². The first-order chi connectivity index (χ1) is 9.04. The average Bonchev–Trinajstić information content (AvgIpc) is 2.81. The summed E-state index contributed by atoms with van der Waals surface area (Å²) in [5.41, 5.74) is 2.59. The van der Waals surface area contributed by atoms with E-state index in [2.05, 4.69) is 4.98 Å². The summed E-state index contributed by atoms with van der Waals surface area (Å²) in [5, 5.41) is 0. The molecule has 0 N–H and O–H groups in total. The summed E-state index contributed by atoms with van der Waals surface area (Å²) in [6.07, 6.45) is 5.05. The fourth-order valence-electron chi connectivity index (χ4n) is 1.95. The van der Waals surface area contributed by atoms with Gasteiger partial charge >= 0.3 is 0 Å². The fraction of sp³-hybridized carbons (Fsp3) is 0.0714. The molecule has 0 saturated heterocycles. The van der Waals surface area contributed by atoms with Gasteiger partial charge in [0.1, 0.15) is 5.65 Å². The number of imidazole rings is 1. The predicted octanol–water partition coefficient (Wildman–Crippen LogP) is 3.25. The van der Waals surface area contributed by atoms with Crippen molar-refractivity contribution in [3.05, 3.63) is 54.9 Å². The molecule has 0 unspecified atom stereocenters. The standard InChI is InChI=1S/C14H12N2O2S.2ClH/c1-19(17,18)12-7-5-11(6-8-12)13-10-16-9-3-2-4-14(16)15-13;;/h2-10H,1H3;2*1H. The summed E-state index contributed by atoms with van der Waals surface area (Å²) >= 11 is 0. The zero-order valence-electron chi connectivity index (χ0n) is 11.1. The van der Waals surface area contributed by atoms with Gasteiger partial charge in [-0.25, -0.2) is 13.4 Å². The Kier molecular flexibility index (Phi) is 5.39. The molecule has 0 saturated carbocycles. The maximum absolute atomic E-state index is 11.4. The highest BCUT2D eigenvalue weighted by Crippen LogP contribution is 2.21. The molecular weight excluding hydrogens is 331 g/mol. The largest absolute Gasteiger partial charge is 0.306 e. The Morgan fingerprint density at radius 2 is 1.67 bits per heavy atom. The number of hydrogen-bond donors (Lipinski definition) is 0. The minimum absolute atomic E-state index is 0. The van der Waals surface area contributed by atoms with Crippen LogP contribution in [0, 0.1) is 0 Å². The summed E-state index contributed by atoms with van der Waals surface area (Å²) in [6.45, 7) is 0. The van der Waals surface area contributed by atoms with Gasteiger partial charge in [0, 0.05) is 24.2 Å². The second-order valence-electron chi connectivity index (χ2n) is 4.39. The van der Waals surface area contributed by atoms with Crippen LogP contribution in [0.2, 0.25) is 0 Å². The van der Waals surface area contributed by atoms with Crippen molar-refractivity contribution in [2.45, 2.75) is 4.90 Å². The Labute approximate surface area is 135 Å². The van der Waals surface area contributed by atoms with Crippen LogP contribution in [0.25, 0.3) is 16.9 Å². The number of benzene rings is 1. The lowest BCUT2D eigenvalue weighted by Gasteiger charge is -1.99. The van der Waals surface area contributed by atoms with Gasteiger partial charge in [-0.2, -0.15) is 0 Å². The normalized spacial score (nSPS) is 10.7. The molecule has 0 aliphatic carbocycles. The minimum atomic E-state index is -3.15. The number of halogens is 2. The lowest BCUT2D eigenvalue weighted by atomic mass is 10.2. The molecule has 4 nitrogen and oxygen atoms in total. The van der Waals surface area contributed by atoms with Crippen molar-refractivity contribution in [1.82, 2.24) is 9.38 Å². The quantitative estimate of drug-likeness (QED) is 0.716. The summed E-state index contributed by atoms with van der Waals surface area (Å²) < 4.78 is 24.7. The maximum Gasteiger partial charge on any atom is 0.175 e. The molecule has 7 heteroatoms. The van der Waals surface area contributed by atoms with Crippen LogP contribution in [0.3, 0.4) is 0 Å².